The molecule has 1 aliphatic heterocycles. The molecule has 0 atom stereocenters. The lowest BCUT2D eigenvalue weighted by Gasteiger charge is -2.37. The van der Waals surface area contributed by atoms with Crippen molar-refractivity contribution in [3.05, 3.63) is 28.2 Å². The average Bonchev–Trinajstić information content (AvgIpc) is 2.29. The normalized spacial score (nSPS) is 17.8. The molecule has 0 radical (unpaired) electrons. The lowest BCUT2D eigenvalue weighted by atomic mass is 10.0. The van der Waals surface area contributed by atoms with Gasteiger partial charge in [-0.25, -0.2) is 0 Å². The number of hydrogen-bond acceptors (Lipinski definition) is 2. The highest BCUT2D eigenvalue weighted by Crippen LogP contribution is 2.29. The Hall–Kier alpha value is -0.540. The molecule has 1 heterocycles. The van der Waals surface area contributed by atoms with Gasteiger partial charge in [0.1, 0.15) is 0 Å². The molecule has 1 aromatic rings. The molecule has 3 heteroatoms. The van der Waals surface area contributed by atoms with E-state index in [1.54, 1.807) is 0 Å². The van der Waals surface area contributed by atoms with Gasteiger partial charge in [-0.15, -0.1) is 0 Å². The van der Waals surface area contributed by atoms with Crippen molar-refractivity contribution in [1.82, 2.24) is 4.90 Å². The van der Waals surface area contributed by atoms with E-state index in [-0.39, 0.29) is 0 Å². The molecular weight excluding hydrogens is 276 g/mol. The molecular formula is C14H21BrN2. The molecule has 1 fully saturated rings. The zero-order valence-electron chi connectivity index (χ0n) is 10.9. The third-order valence-corrected chi connectivity index (χ3v) is 4.27. The Labute approximate surface area is 113 Å². The van der Waals surface area contributed by atoms with E-state index in [1.807, 2.05) is 0 Å². The Morgan fingerprint density at radius 3 is 2.41 bits per heavy atom. The predicted molar refractivity (Wildman–Crippen MR) is 77.8 cm³/mol. The minimum Gasteiger partial charge on any atom is -0.371 e. The second-order valence-electron chi connectivity index (χ2n) is 5.14. The van der Waals surface area contributed by atoms with Gasteiger partial charge in [0.15, 0.2) is 0 Å². The molecule has 0 aliphatic carbocycles. The third-order valence-electron chi connectivity index (χ3n) is 3.64. The molecule has 0 N–H and O–H groups in total. The number of nitrogens with zero attached hydrogens (tertiary/aromatic N) is 2. The largest absolute Gasteiger partial charge is 0.371 e. The van der Waals surface area contributed by atoms with Crippen molar-refractivity contribution < 1.29 is 0 Å². The van der Waals surface area contributed by atoms with Crippen molar-refractivity contribution in [3.63, 3.8) is 0 Å². The Morgan fingerprint density at radius 2 is 1.88 bits per heavy atom. The van der Waals surface area contributed by atoms with Gasteiger partial charge in [-0.1, -0.05) is 6.07 Å². The van der Waals surface area contributed by atoms with Gasteiger partial charge >= 0.3 is 0 Å². The van der Waals surface area contributed by atoms with Crippen LogP contribution in [-0.4, -0.2) is 38.1 Å². The maximum absolute atomic E-state index is 3.67. The van der Waals surface area contributed by atoms with Crippen LogP contribution in [0.15, 0.2) is 22.7 Å². The zero-order chi connectivity index (χ0) is 12.4. The fraction of sp³-hybridized carbons (Fsp3) is 0.571. The molecule has 0 spiro atoms. The zero-order valence-corrected chi connectivity index (χ0v) is 12.5. The van der Waals surface area contributed by atoms with E-state index >= 15 is 0 Å². The van der Waals surface area contributed by atoms with Crippen LogP contribution in [0.25, 0.3) is 0 Å². The minimum absolute atomic E-state index is 0.746. The summed E-state index contributed by atoms with van der Waals surface area (Å²) in [6, 6.07) is 7.37. The highest BCUT2D eigenvalue weighted by molar-refractivity contribution is 9.10. The smallest absolute Gasteiger partial charge is 0.0510 e. The van der Waals surface area contributed by atoms with Crippen molar-refractivity contribution in [2.45, 2.75) is 25.8 Å². The quantitative estimate of drug-likeness (QED) is 0.826. The van der Waals surface area contributed by atoms with Gasteiger partial charge in [-0.2, -0.15) is 0 Å². The van der Waals surface area contributed by atoms with Gasteiger partial charge in [-0.05, 0) is 67.5 Å². The van der Waals surface area contributed by atoms with Gasteiger partial charge in [0.05, 0.1) is 5.69 Å². The van der Waals surface area contributed by atoms with E-state index in [9.17, 15) is 0 Å². The maximum Gasteiger partial charge on any atom is 0.0510 e. The molecule has 0 unspecified atom stereocenters. The van der Waals surface area contributed by atoms with Gasteiger partial charge in [0, 0.05) is 23.6 Å². The van der Waals surface area contributed by atoms with Crippen molar-refractivity contribution in [2.24, 2.45) is 0 Å². The van der Waals surface area contributed by atoms with Crippen molar-refractivity contribution in [1.29, 1.82) is 0 Å². The average molecular weight is 297 g/mol. The van der Waals surface area contributed by atoms with E-state index in [2.05, 4.69) is 64.9 Å². The second kappa shape index (κ2) is 5.40. The molecule has 2 nitrogen and oxygen atoms in total. The van der Waals surface area contributed by atoms with Crippen LogP contribution >= 0.6 is 15.9 Å². The number of anilines is 1. The first-order chi connectivity index (χ1) is 8.08. The van der Waals surface area contributed by atoms with Crippen molar-refractivity contribution in [3.8, 4) is 0 Å². The number of rotatable bonds is 2. The Balaban J connectivity index is 2.05. The molecule has 0 saturated carbocycles. The van der Waals surface area contributed by atoms with Crippen LogP contribution in [0.3, 0.4) is 0 Å². The van der Waals surface area contributed by atoms with Crippen LogP contribution in [0.4, 0.5) is 5.69 Å². The highest BCUT2D eigenvalue weighted by atomic mass is 79.9. The van der Waals surface area contributed by atoms with Crippen LogP contribution in [-0.2, 0) is 0 Å². The molecule has 94 valence electrons. The SMILES string of the molecule is Cc1ccc(N2CCC(N(C)C)CC2)c(Br)c1. The Kier molecular flexibility index (Phi) is 4.10. The first kappa shape index (κ1) is 12.9. The second-order valence-corrected chi connectivity index (χ2v) is 5.99. The first-order valence-corrected chi connectivity index (χ1v) is 7.05. The van der Waals surface area contributed by atoms with Crippen LogP contribution < -0.4 is 4.90 Å². The van der Waals surface area contributed by atoms with Crippen molar-refractivity contribution in [2.75, 3.05) is 32.1 Å². The van der Waals surface area contributed by atoms with E-state index < -0.39 is 0 Å². The molecule has 1 aliphatic rings. The summed E-state index contributed by atoms with van der Waals surface area (Å²) in [5.74, 6) is 0. The number of piperidine rings is 1. The summed E-state index contributed by atoms with van der Waals surface area (Å²) in [5.41, 5.74) is 2.65. The predicted octanol–water partition coefficient (Wildman–Crippen LogP) is 3.29. The molecule has 17 heavy (non-hydrogen) atoms. The standard InChI is InChI=1S/C14H21BrN2/c1-11-4-5-14(13(15)10-11)17-8-6-12(7-9-17)16(2)3/h4-5,10,12H,6-9H2,1-3H3. The van der Waals surface area contributed by atoms with Gasteiger partial charge < -0.3 is 9.80 Å². The van der Waals surface area contributed by atoms with Crippen LogP contribution in [0.1, 0.15) is 18.4 Å². The Bertz CT molecular complexity index is 382. The summed E-state index contributed by atoms with van der Waals surface area (Å²) in [4.78, 5) is 4.84. The van der Waals surface area contributed by atoms with E-state index in [0.717, 1.165) is 19.1 Å². The van der Waals surface area contributed by atoms with Gasteiger partial charge in [0.2, 0.25) is 0 Å². The van der Waals surface area contributed by atoms with E-state index in [1.165, 1.54) is 28.6 Å². The number of hydrogen-bond donors (Lipinski definition) is 0. The molecule has 0 amide bonds. The molecule has 1 saturated heterocycles. The van der Waals surface area contributed by atoms with Gasteiger partial charge in [0.25, 0.3) is 0 Å². The Morgan fingerprint density at radius 1 is 1.24 bits per heavy atom. The van der Waals surface area contributed by atoms with Crippen LogP contribution in [0.2, 0.25) is 0 Å². The highest BCUT2D eigenvalue weighted by Gasteiger charge is 2.21. The summed E-state index contributed by atoms with van der Waals surface area (Å²) in [7, 11) is 4.37. The molecule has 1 aromatic carbocycles. The third kappa shape index (κ3) is 3.02. The minimum atomic E-state index is 0.746. The monoisotopic (exact) mass is 296 g/mol. The fourth-order valence-corrected chi connectivity index (χ4v) is 3.24. The summed E-state index contributed by atoms with van der Waals surface area (Å²) in [6.07, 6.45) is 2.51. The lowest BCUT2D eigenvalue weighted by molar-refractivity contribution is 0.249. The van der Waals surface area contributed by atoms with Crippen LogP contribution in [0.5, 0.6) is 0 Å². The molecule has 2 rings (SSSR count). The van der Waals surface area contributed by atoms with E-state index in [0.29, 0.717) is 0 Å². The molecule has 0 aromatic heterocycles. The number of halogens is 1. The fourth-order valence-electron chi connectivity index (χ4n) is 2.49. The summed E-state index contributed by atoms with van der Waals surface area (Å²) >= 11 is 3.67. The van der Waals surface area contributed by atoms with Gasteiger partial charge in [-0.3, -0.25) is 0 Å². The number of benzene rings is 1. The summed E-state index contributed by atoms with van der Waals surface area (Å²) in [6.45, 7) is 4.45. The lowest BCUT2D eigenvalue weighted by Crippen LogP contribution is -2.42. The summed E-state index contributed by atoms with van der Waals surface area (Å²) < 4.78 is 1.22. The first-order valence-electron chi connectivity index (χ1n) is 6.25. The summed E-state index contributed by atoms with van der Waals surface area (Å²) in [5, 5.41) is 0. The number of aryl methyl sites for hydroxylation is 1. The molecule has 0 bridgehead atoms. The maximum atomic E-state index is 3.67. The van der Waals surface area contributed by atoms with E-state index in [4.69, 9.17) is 0 Å². The topological polar surface area (TPSA) is 6.48 Å². The van der Waals surface area contributed by atoms with Crippen LogP contribution in [0, 0.1) is 6.92 Å². The van der Waals surface area contributed by atoms with Crippen molar-refractivity contribution >= 4 is 21.6 Å².